The van der Waals surface area contributed by atoms with E-state index in [9.17, 15) is 9.18 Å². The number of carbonyl (C=O) groups excluding carboxylic acids is 1. The Hall–Kier alpha value is -4.60. The molecule has 9 nitrogen and oxygen atoms in total. The Labute approximate surface area is 275 Å². The monoisotopic (exact) mass is 661 g/mol. The molecule has 0 aromatic heterocycles. The molecule has 1 heterocycles. The normalized spacial score (nSPS) is 17.0. The molecule has 0 spiro atoms. The number of carbonyl (C=O) groups is 1. The summed E-state index contributed by atoms with van der Waals surface area (Å²) in [6, 6.07) is 25.2. The third-order valence-electron chi connectivity index (χ3n) is 7.50. The van der Waals surface area contributed by atoms with Gasteiger partial charge < -0.3 is 19.9 Å². The van der Waals surface area contributed by atoms with E-state index >= 15 is 0 Å². The zero-order chi connectivity index (χ0) is 32.5. The van der Waals surface area contributed by atoms with Crippen molar-refractivity contribution in [2.75, 3.05) is 13.2 Å². The number of nitrogens with zero attached hydrogens (tertiary/aromatic N) is 4. The summed E-state index contributed by atoms with van der Waals surface area (Å²) >= 11 is 13.0. The fourth-order valence-corrected chi connectivity index (χ4v) is 5.75. The molecule has 0 aliphatic carbocycles. The minimum absolute atomic E-state index is 0.0206. The van der Waals surface area contributed by atoms with Gasteiger partial charge in [-0.1, -0.05) is 70.8 Å². The van der Waals surface area contributed by atoms with Crippen molar-refractivity contribution in [3.63, 3.8) is 0 Å². The van der Waals surface area contributed by atoms with Crippen molar-refractivity contribution in [2.45, 2.75) is 37.6 Å². The second-order valence-corrected chi connectivity index (χ2v) is 11.4. The molecule has 0 bridgehead atoms. The van der Waals surface area contributed by atoms with Crippen LogP contribution in [0.15, 0.2) is 101 Å². The lowest BCUT2D eigenvalue weighted by atomic mass is 9.80. The quantitative estimate of drug-likeness (QED) is 0.0664. The maximum absolute atomic E-state index is 14.5. The molecule has 0 saturated carbocycles. The zero-order valence-corrected chi connectivity index (χ0v) is 26.1. The summed E-state index contributed by atoms with van der Waals surface area (Å²) < 4.78 is 26.2. The first-order valence-corrected chi connectivity index (χ1v) is 15.2. The molecule has 0 radical (unpaired) electrons. The van der Waals surface area contributed by atoms with Gasteiger partial charge in [-0.25, -0.2) is 9.38 Å². The third kappa shape index (κ3) is 7.61. The molecule has 236 valence electrons. The van der Waals surface area contributed by atoms with Gasteiger partial charge in [0.2, 0.25) is 5.90 Å². The molecule has 4 aromatic carbocycles. The third-order valence-corrected chi connectivity index (χ3v) is 8.06. The Balaban J connectivity index is 1.62. The number of halogens is 3. The van der Waals surface area contributed by atoms with Crippen molar-refractivity contribution in [3.8, 4) is 5.75 Å². The van der Waals surface area contributed by atoms with Gasteiger partial charge in [0.15, 0.2) is 11.6 Å². The van der Waals surface area contributed by atoms with Crippen molar-refractivity contribution >= 4 is 35.0 Å². The minimum atomic E-state index is -1.61. The second kappa shape index (κ2) is 15.1. The summed E-state index contributed by atoms with van der Waals surface area (Å²) in [7, 11) is 0. The van der Waals surface area contributed by atoms with E-state index in [1.807, 2.05) is 24.3 Å². The largest absolute Gasteiger partial charge is 0.494 e. The molecule has 4 aromatic rings. The fraction of sp³-hybridized carbons (Fsp3) is 0.235. The molecule has 46 heavy (non-hydrogen) atoms. The molecule has 1 aliphatic rings. The van der Waals surface area contributed by atoms with E-state index in [1.165, 1.54) is 12.1 Å². The fourth-order valence-electron chi connectivity index (χ4n) is 5.24. The Morgan fingerprint density at radius 3 is 2.57 bits per heavy atom. The number of amides is 1. The Morgan fingerprint density at radius 2 is 1.85 bits per heavy atom. The van der Waals surface area contributed by atoms with Gasteiger partial charge in [0.05, 0.1) is 13.2 Å². The van der Waals surface area contributed by atoms with Crippen LogP contribution in [0.1, 0.15) is 40.3 Å². The van der Waals surface area contributed by atoms with Crippen LogP contribution in [0.25, 0.3) is 10.4 Å². The van der Waals surface area contributed by atoms with Crippen molar-refractivity contribution in [2.24, 2.45) is 10.1 Å². The number of hydrogen-bond acceptors (Lipinski definition) is 6. The van der Waals surface area contributed by atoms with E-state index < -0.39 is 23.4 Å². The van der Waals surface area contributed by atoms with Crippen LogP contribution in [0.4, 0.5) is 4.39 Å². The van der Waals surface area contributed by atoms with Gasteiger partial charge in [-0.3, -0.25) is 4.79 Å². The van der Waals surface area contributed by atoms with Gasteiger partial charge >= 0.3 is 0 Å². The SMILES string of the molecule is [N-]=[N+]=NCc1ccccc1C[C@@]1(C(=O)NCc2cccc(F)c2)N=C(c2ccc(OCCCO)cc2)O[C@@H]1c1ccc(Cl)cc1Cl. The van der Waals surface area contributed by atoms with Crippen LogP contribution in [0.3, 0.4) is 0 Å². The predicted molar refractivity (Wildman–Crippen MR) is 174 cm³/mol. The van der Waals surface area contributed by atoms with Crippen LogP contribution in [-0.2, 0) is 29.0 Å². The van der Waals surface area contributed by atoms with Gasteiger partial charge in [0, 0.05) is 52.1 Å². The van der Waals surface area contributed by atoms with Crippen molar-refractivity contribution in [1.29, 1.82) is 0 Å². The lowest BCUT2D eigenvalue weighted by Crippen LogP contribution is -2.50. The smallest absolute Gasteiger partial charge is 0.252 e. The highest BCUT2D eigenvalue weighted by molar-refractivity contribution is 6.35. The van der Waals surface area contributed by atoms with Crippen LogP contribution in [-0.4, -0.2) is 35.7 Å². The van der Waals surface area contributed by atoms with Gasteiger partial charge in [-0.05, 0) is 70.8 Å². The van der Waals surface area contributed by atoms with Crippen LogP contribution < -0.4 is 10.1 Å². The number of aliphatic imine (C=N–C) groups is 1. The van der Waals surface area contributed by atoms with Crippen LogP contribution in [0.2, 0.25) is 10.0 Å². The Morgan fingerprint density at radius 1 is 1.07 bits per heavy atom. The van der Waals surface area contributed by atoms with Gasteiger partial charge in [0.1, 0.15) is 11.6 Å². The summed E-state index contributed by atoms with van der Waals surface area (Å²) in [4.78, 5) is 22.4. The standard InChI is InChI=1S/C34H30Cl2FN5O4/c35-26-11-14-29(30(36)18-26)31-34(19-24-6-1-2-7-25(24)21-40-42-38,33(44)39-20-22-5-3-8-27(37)17-22)41-32(46-31)23-9-12-28(13-10-23)45-16-4-15-43/h1-3,5-14,17-18,31,43H,4,15-16,19-21H2,(H,39,44)/t31-,34-/m1/s1. The summed E-state index contributed by atoms with van der Waals surface area (Å²) in [5.74, 6) is -0.108. The first kappa shape index (κ1) is 32.8. The highest BCUT2D eigenvalue weighted by Gasteiger charge is 2.54. The average molecular weight is 663 g/mol. The number of azide groups is 1. The highest BCUT2D eigenvalue weighted by atomic mass is 35.5. The summed E-state index contributed by atoms with van der Waals surface area (Å²) in [5.41, 5.74) is 10.5. The predicted octanol–water partition coefficient (Wildman–Crippen LogP) is 7.52. The van der Waals surface area contributed by atoms with E-state index in [1.54, 1.807) is 54.6 Å². The molecule has 0 saturated heterocycles. The summed E-state index contributed by atoms with van der Waals surface area (Å²) in [6.07, 6.45) is -0.461. The van der Waals surface area contributed by atoms with Crippen LogP contribution in [0, 0.1) is 5.82 Å². The number of aliphatic hydroxyl groups excluding tert-OH is 1. The Kier molecular flexibility index (Phi) is 10.8. The van der Waals surface area contributed by atoms with Crippen LogP contribution >= 0.6 is 23.2 Å². The molecule has 1 aliphatic heterocycles. The number of aliphatic hydroxyl groups is 1. The number of benzene rings is 4. The molecule has 12 heteroatoms. The summed E-state index contributed by atoms with van der Waals surface area (Å²) in [6.45, 7) is 0.473. The maximum atomic E-state index is 14.5. The molecular formula is C34H30Cl2FN5O4. The molecule has 2 atom stereocenters. The van der Waals surface area contributed by atoms with Crippen molar-refractivity contribution < 1.29 is 23.8 Å². The van der Waals surface area contributed by atoms with E-state index in [-0.39, 0.29) is 37.0 Å². The first-order chi connectivity index (χ1) is 22.3. The average Bonchev–Trinajstić information content (AvgIpc) is 3.43. The Bertz CT molecular complexity index is 1780. The highest BCUT2D eigenvalue weighted by Crippen LogP contribution is 2.45. The minimum Gasteiger partial charge on any atom is -0.494 e. The molecule has 1 amide bonds. The second-order valence-electron chi connectivity index (χ2n) is 10.6. The molecule has 0 unspecified atom stereocenters. The van der Waals surface area contributed by atoms with Gasteiger partial charge in [-0.15, -0.1) is 0 Å². The lowest BCUT2D eigenvalue weighted by molar-refractivity contribution is -0.129. The number of hydrogen-bond donors (Lipinski definition) is 2. The lowest BCUT2D eigenvalue weighted by Gasteiger charge is -2.32. The number of ether oxygens (including phenoxy) is 2. The zero-order valence-electron chi connectivity index (χ0n) is 24.6. The maximum Gasteiger partial charge on any atom is 0.252 e. The van der Waals surface area contributed by atoms with E-state index in [0.29, 0.717) is 51.6 Å². The van der Waals surface area contributed by atoms with Gasteiger partial charge in [-0.2, -0.15) is 0 Å². The molecule has 5 rings (SSSR count). The number of nitrogens with one attached hydrogen (secondary N) is 1. The topological polar surface area (TPSA) is 129 Å². The molecule has 0 fully saturated rings. The van der Waals surface area contributed by atoms with Crippen molar-refractivity contribution in [1.82, 2.24) is 5.32 Å². The van der Waals surface area contributed by atoms with E-state index in [2.05, 4.69) is 15.3 Å². The summed E-state index contributed by atoms with van der Waals surface area (Å²) in [5, 5.41) is 16.4. The van der Waals surface area contributed by atoms with E-state index in [4.69, 9.17) is 48.3 Å². The van der Waals surface area contributed by atoms with E-state index in [0.717, 1.165) is 0 Å². The first-order valence-electron chi connectivity index (χ1n) is 14.5. The van der Waals surface area contributed by atoms with Gasteiger partial charge in [0.25, 0.3) is 5.91 Å². The molecule has 2 N–H and O–H groups in total. The number of rotatable bonds is 13. The van der Waals surface area contributed by atoms with Crippen LogP contribution in [0.5, 0.6) is 5.75 Å². The molecular weight excluding hydrogens is 632 g/mol. The van der Waals surface area contributed by atoms with Crippen molar-refractivity contribution in [3.05, 3.63) is 145 Å².